The summed E-state index contributed by atoms with van der Waals surface area (Å²) in [7, 11) is -3.90. The molecule has 2 aromatic carbocycles. The van der Waals surface area contributed by atoms with Crippen molar-refractivity contribution in [3.8, 4) is 0 Å². The number of hydrogen-bond acceptors (Lipinski definition) is 5. The molecule has 0 atom stereocenters. The number of amides is 1. The molecule has 0 N–H and O–H groups in total. The van der Waals surface area contributed by atoms with Gasteiger partial charge >= 0.3 is 0 Å². The molecule has 7 nitrogen and oxygen atoms in total. The molecule has 0 aliphatic carbocycles. The Morgan fingerprint density at radius 2 is 1.59 bits per heavy atom. The molecule has 2 heterocycles. The van der Waals surface area contributed by atoms with Crippen molar-refractivity contribution in [2.75, 3.05) is 63.8 Å². The third kappa shape index (κ3) is 4.95. The molecule has 2 saturated heterocycles. The van der Waals surface area contributed by atoms with Gasteiger partial charge in [0.15, 0.2) is 0 Å². The average Bonchev–Trinajstić information content (AvgIpc) is 2.80. The number of carbonyl (C=O) groups is 1. The van der Waals surface area contributed by atoms with Crippen molar-refractivity contribution in [1.82, 2.24) is 14.1 Å². The Morgan fingerprint density at radius 3 is 2.25 bits per heavy atom. The van der Waals surface area contributed by atoms with Crippen molar-refractivity contribution in [3.05, 3.63) is 59.9 Å². The number of carbonyl (C=O) groups excluding carboxylic acids is 1. The van der Waals surface area contributed by atoms with Crippen molar-refractivity contribution in [2.24, 2.45) is 0 Å². The minimum Gasteiger partial charge on any atom is -0.369 e. The predicted octanol–water partition coefficient (Wildman–Crippen LogP) is 1.79. The fraction of sp³-hybridized carbons (Fsp3) is 0.435. The second-order valence-electron chi connectivity index (χ2n) is 8.32. The third-order valence-corrected chi connectivity index (χ3v) is 8.08. The van der Waals surface area contributed by atoms with E-state index >= 15 is 0 Å². The van der Waals surface area contributed by atoms with Gasteiger partial charge in [-0.15, -0.1) is 0 Å². The molecular formula is C23H29FN4O3S. The Morgan fingerprint density at radius 1 is 0.906 bits per heavy atom. The summed E-state index contributed by atoms with van der Waals surface area (Å²) in [5.74, 6) is -0.743. The molecule has 0 radical (unpaired) electrons. The Bertz CT molecular complexity index is 1060. The molecule has 0 saturated carbocycles. The number of halogens is 1. The monoisotopic (exact) mass is 460 g/mol. The van der Waals surface area contributed by atoms with Gasteiger partial charge in [0, 0.05) is 58.0 Å². The van der Waals surface area contributed by atoms with Crippen LogP contribution >= 0.6 is 0 Å². The Labute approximate surface area is 189 Å². The number of piperazine rings is 2. The van der Waals surface area contributed by atoms with Gasteiger partial charge in [0.05, 0.1) is 6.54 Å². The van der Waals surface area contributed by atoms with Crippen molar-refractivity contribution in [1.29, 1.82) is 0 Å². The van der Waals surface area contributed by atoms with E-state index in [2.05, 4.69) is 41.0 Å². The van der Waals surface area contributed by atoms with Gasteiger partial charge in [-0.25, -0.2) is 12.8 Å². The van der Waals surface area contributed by atoms with Crippen molar-refractivity contribution < 1.29 is 17.6 Å². The average molecular weight is 461 g/mol. The van der Waals surface area contributed by atoms with E-state index < -0.39 is 15.8 Å². The largest absolute Gasteiger partial charge is 0.369 e. The van der Waals surface area contributed by atoms with Crippen LogP contribution in [0.5, 0.6) is 0 Å². The summed E-state index contributed by atoms with van der Waals surface area (Å²) in [5, 5.41) is 0. The van der Waals surface area contributed by atoms with Crippen LogP contribution in [0.3, 0.4) is 0 Å². The first-order chi connectivity index (χ1) is 15.3. The van der Waals surface area contributed by atoms with Gasteiger partial charge in [0.1, 0.15) is 10.7 Å². The van der Waals surface area contributed by atoms with Gasteiger partial charge in [-0.3, -0.25) is 9.69 Å². The standard InChI is InChI=1S/C23H29FN4O3S/c1-19-5-4-6-20(17-19)26-11-9-25(10-12-26)18-23(29)27-13-15-28(16-14-27)32(30,31)22-8-3-2-7-21(22)24/h2-8,17H,9-16,18H2,1H3. The molecule has 1 amide bonds. The van der Waals surface area contributed by atoms with Crippen LogP contribution in [0.15, 0.2) is 53.4 Å². The number of rotatable bonds is 5. The molecule has 9 heteroatoms. The van der Waals surface area contributed by atoms with E-state index in [1.54, 1.807) is 4.90 Å². The summed E-state index contributed by atoms with van der Waals surface area (Å²) in [6, 6.07) is 13.8. The number of nitrogens with zero attached hydrogens (tertiary/aromatic N) is 4. The first-order valence-corrected chi connectivity index (χ1v) is 12.3. The van der Waals surface area contributed by atoms with Crippen molar-refractivity contribution in [3.63, 3.8) is 0 Å². The fourth-order valence-corrected chi connectivity index (χ4v) is 5.74. The van der Waals surface area contributed by atoms with Crippen molar-refractivity contribution in [2.45, 2.75) is 11.8 Å². The second-order valence-corrected chi connectivity index (χ2v) is 10.2. The normalized spacial score (nSPS) is 18.7. The molecule has 32 heavy (non-hydrogen) atoms. The van der Waals surface area contributed by atoms with Crippen LogP contribution in [0.2, 0.25) is 0 Å². The molecule has 2 aromatic rings. The summed E-state index contributed by atoms with van der Waals surface area (Å²) >= 11 is 0. The van der Waals surface area contributed by atoms with Gasteiger partial charge < -0.3 is 9.80 Å². The summed E-state index contributed by atoms with van der Waals surface area (Å²) in [5.41, 5.74) is 2.44. The minimum atomic E-state index is -3.90. The summed E-state index contributed by atoms with van der Waals surface area (Å²) in [6.07, 6.45) is 0. The molecule has 2 aliphatic rings. The van der Waals surface area contributed by atoms with Crippen molar-refractivity contribution >= 4 is 21.6 Å². The van der Waals surface area contributed by atoms with E-state index in [1.165, 1.54) is 33.8 Å². The van der Waals surface area contributed by atoms with Crippen LogP contribution in [0, 0.1) is 12.7 Å². The zero-order valence-electron chi connectivity index (χ0n) is 18.3. The maximum Gasteiger partial charge on any atom is 0.246 e. The highest BCUT2D eigenvalue weighted by Crippen LogP contribution is 2.21. The summed E-state index contributed by atoms with van der Waals surface area (Å²) < 4.78 is 40.7. The van der Waals surface area contributed by atoms with E-state index in [1.807, 2.05) is 0 Å². The van der Waals surface area contributed by atoms with Crippen LogP contribution in [0.4, 0.5) is 10.1 Å². The van der Waals surface area contributed by atoms with E-state index in [0.717, 1.165) is 32.2 Å². The highest BCUT2D eigenvalue weighted by molar-refractivity contribution is 7.89. The first-order valence-electron chi connectivity index (χ1n) is 10.9. The lowest BCUT2D eigenvalue weighted by atomic mass is 10.2. The lowest BCUT2D eigenvalue weighted by molar-refractivity contribution is -0.133. The van der Waals surface area contributed by atoms with E-state index in [9.17, 15) is 17.6 Å². The molecule has 2 aliphatic heterocycles. The van der Waals surface area contributed by atoms with Crippen LogP contribution in [0.1, 0.15) is 5.56 Å². The lowest BCUT2D eigenvalue weighted by Gasteiger charge is -2.38. The summed E-state index contributed by atoms with van der Waals surface area (Å²) in [6.45, 7) is 6.74. The third-order valence-electron chi connectivity index (χ3n) is 6.14. The molecule has 0 unspecified atom stereocenters. The molecule has 0 spiro atoms. The summed E-state index contributed by atoms with van der Waals surface area (Å²) in [4.78, 5) is 18.7. The predicted molar refractivity (Wildman–Crippen MR) is 122 cm³/mol. The number of aryl methyl sites for hydroxylation is 1. The zero-order chi connectivity index (χ0) is 22.7. The lowest BCUT2D eigenvalue weighted by Crippen LogP contribution is -2.54. The SMILES string of the molecule is Cc1cccc(N2CCN(CC(=O)N3CCN(S(=O)(=O)c4ccccc4F)CC3)CC2)c1. The van der Waals surface area contributed by atoms with Gasteiger partial charge in [-0.05, 0) is 36.8 Å². The van der Waals surface area contributed by atoms with Gasteiger partial charge in [0.25, 0.3) is 0 Å². The quantitative estimate of drug-likeness (QED) is 0.681. The molecule has 0 aromatic heterocycles. The zero-order valence-corrected chi connectivity index (χ0v) is 19.1. The maximum atomic E-state index is 14.0. The first kappa shape index (κ1) is 22.7. The Balaban J connectivity index is 1.27. The molecule has 0 bridgehead atoms. The van der Waals surface area contributed by atoms with E-state index in [-0.39, 0.29) is 23.9 Å². The van der Waals surface area contributed by atoms with Crippen LogP contribution < -0.4 is 4.90 Å². The number of hydrogen-bond donors (Lipinski definition) is 0. The van der Waals surface area contributed by atoms with Gasteiger partial charge in [0.2, 0.25) is 15.9 Å². The van der Waals surface area contributed by atoms with Gasteiger partial charge in [-0.2, -0.15) is 4.31 Å². The Hall–Kier alpha value is -2.49. The minimum absolute atomic E-state index is 0.0111. The van der Waals surface area contributed by atoms with E-state index in [0.29, 0.717) is 19.6 Å². The van der Waals surface area contributed by atoms with Crippen LogP contribution in [0.25, 0.3) is 0 Å². The Kier molecular flexibility index (Phi) is 6.78. The topological polar surface area (TPSA) is 64.2 Å². The number of benzene rings is 2. The number of anilines is 1. The van der Waals surface area contributed by atoms with Crippen LogP contribution in [-0.2, 0) is 14.8 Å². The molecular weight excluding hydrogens is 431 g/mol. The molecule has 4 rings (SSSR count). The van der Waals surface area contributed by atoms with Crippen LogP contribution in [-0.4, -0.2) is 87.3 Å². The molecule has 172 valence electrons. The van der Waals surface area contributed by atoms with E-state index in [4.69, 9.17) is 0 Å². The highest BCUT2D eigenvalue weighted by atomic mass is 32.2. The van der Waals surface area contributed by atoms with Gasteiger partial charge in [-0.1, -0.05) is 24.3 Å². The second kappa shape index (κ2) is 9.56. The highest BCUT2D eigenvalue weighted by Gasteiger charge is 2.32. The molecule has 2 fully saturated rings. The smallest absolute Gasteiger partial charge is 0.246 e. The maximum absolute atomic E-state index is 14.0. The fourth-order valence-electron chi connectivity index (χ4n) is 4.25. The number of sulfonamides is 1.